The van der Waals surface area contributed by atoms with Crippen molar-refractivity contribution in [1.82, 2.24) is 16.0 Å². The maximum atomic E-state index is 12.7. The SMILES string of the molecule is CC[C@H](N[C@@H](CC(C)C)C(=O)N[C@@H](CCCCN)C(=O)NC)P(=O)(O)O. The minimum atomic E-state index is -4.38. The van der Waals surface area contributed by atoms with Gasteiger partial charge in [0.2, 0.25) is 11.8 Å². The van der Waals surface area contributed by atoms with Crippen molar-refractivity contribution in [3.05, 3.63) is 0 Å². The smallest absolute Gasteiger partial charge is 0.342 e. The lowest BCUT2D eigenvalue weighted by Crippen LogP contribution is -2.54. The van der Waals surface area contributed by atoms with Crippen LogP contribution in [0.15, 0.2) is 0 Å². The second-order valence-electron chi connectivity index (χ2n) is 6.82. The number of nitrogens with two attached hydrogens (primary N) is 1. The van der Waals surface area contributed by atoms with Gasteiger partial charge in [-0.3, -0.25) is 19.5 Å². The van der Waals surface area contributed by atoms with Crippen LogP contribution in [0, 0.1) is 5.92 Å². The standard InChI is InChI=1S/C16H35N4O5P/c1-5-14(26(23,24)25)19-13(10-11(2)3)16(22)20-12(15(21)18-4)8-6-7-9-17/h11-14,19H,5-10,17H2,1-4H3,(H,18,21)(H,20,22)(H2,23,24,25)/t12-,13-,14+/m0/s1. The maximum absolute atomic E-state index is 12.7. The van der Waals surface area contributed by atoms with Crippen LogP contribution in [0.1, 0.15) is 52.9 Å². The predicted octanol–water partition coefficient (Wildman–Crippen LogP) is 0.264. The zero-order valence-electron chi connectivity index (χ0n) is 16.2. The van der Waals surface area contributed by atoms with Crippen LogP contribution < -0.4 is 21.7 Å². The largest absolute Gasteiger partial charge is 0.357 e. The van der Waals surface area contributed by atoms with Crippen LogP contribution >= 0.6 is 7.60 Å². The summed E-state index contributed by atoms with van der Waals surface area (Å²) < 4.78 is 11.6. The third-order valence-electron chi connectivity index (χ3n) is 4.04. The van der Waals surface area contributed by atoms with Gasteiger partial charge in [0.25, 0.3) is 0 Å². The molecular weight excluding hydrogens is 359 g/mol. The van der Waals surface area contributed by atoms with E-state index in [2.05, 4.69) is 16.0 Å². The molecule has 0 heterocycles. The van der Waals surface area contributed by atoms with Crippen molar-refractivity contribution in [3.8, 4) is 0 Å². The van der Waals surface area contributed by atoms with E-state index in [0.29, 0.717) is 25.8 Å². The summed E-state index contributed by atoms with van der Waals surface area (Å²) in [5, 5.41) is 8.01. The number of unbranched alkanes of at least 4 members (excludes halogenated alkanes) is 1. The van der Waals surface area contributed by atoms with Crippen molar-refractivity contribution < 1.29 is 23.9 Å². The molecule has 0 rings (SSSR count). The Kier molecular flexibility index (Phi) is 11.9. The number of nitrogens with one attached hydrogen (secondary N) is 3. The fourth-order valence-corrected chi connectivity index (χ4v) is 3.47. The van der Waals surface area contributed by atoms with Crippen LogP contribution in [0.3, 0.4) is 0 Å². The number of likely N-dealkylation sites (N-methyl/N-ethyl adjacent to an activating group) is 1. The first-order valence-corrected chi connectivity index (χ1v) is 10.8. The average molecular weight is 394 g/mol. The molecule has 0 bridgehead atoms. The lowest BCUT2D eigenvalue weighted by Gasteiger charge is -2.28. The van der Waals surface area contributed by atoms with Crippen LogP contribution in [0.4, 0.5) is 0 Å². The summed E-state index contributed by atoms with van der Waals surface area (Å²) in [5.41, 5.74) is 5.47. The number of amides is 2. The highest BCUT2D eigenvalue weighted by atomic mass is 31.2. The van der Waals surface area contributed by atoms with Gasteiger partial charge >= 0.3 is 7.60 Å². The molecule has 3 atom stereocenters. The van der Waals surface area contributed by atoms with Gasteiger partial charge in [-0.25, -0.2) is 0 Å². The summed E-state index contributed by atoms with van der Waals surface area (Å²) in [6, 6.07) is -1.50. The van der Waals surface area contributed by atoms with E-state index >= 15 is 0 Å². The van der Waals surface area contributed by atoms with Crippen molar-refractivity contribution in [2.45, 2.75) is 70.7 Å². The van der Waals surface area contributed by atoms with E-state index in [1.807, 2.05) is 13.8 Å². The average Bonchev–Trinajstić information content (AvgIpc) is 2.55. The molecule has 0 aliphatic carbocycles. The number of hydrogen-bond donors (Lipinski definition) is 6. The fourth-order valence-electron chi connectivity index (χ4n) is 2.62. The zero-order valence-corrected chi connectivity index (χ0v) is 17.1. The Morgan fingerprint density at radius 3 is 2.15 bits per heavy atom. The highest BCUT2D eigenvalue weighted by Gasteiger charge is 2.33. The molecule has 0 fully saturated rings. The third kappa shape index (κ3) is 9.64. The Hall–Kier alpha value is -0.990. The molecule has 0 aromatic rings. The number of carbonyl (C=O) groups is 2. The van der Waals surface area contributed by atoms with E-state index < -0.39 is 31.4 Å². The van der Waals surface area contributed by atoms with Gasteiger partial charge in [0.15, 0.2) is 0 Å². The Morgan fingerprint density at radius 1 is 1.12 bits per heavy atom. The molecule has 0 saturated heterocycles. The van der Waals surface area contributed by atoms with Crippen molar-refractivity contribution >= 4 is 19.4 Å². The molecule has 0 saturated carbocycles. The molecule has 0 radical (unpaired) electrons. The Morgan fingerprint density at radius 2 is 1.73 bits per heavy atom. The van der Waals surface area contributed by atoms with E-state index in [1.54, 1.807) is 6.92 Å². The highest BCUT2D eigenvalue weighted by molar-refractivity contribution is 7.52. The van der Waals surface area contributed by atoms with E-state index in [0.717, 1.165) is 6.42 Å². The van der Waals surface area contributed by atoms with Crippen LogP contribution in [-0.4, -0.2) is 53.1 Å². The summed E-state index contributed by atoms with van der Waals surface area (Å²) in [5.74, 6) is -1.72. The van der Waals surface area contributed by atoms with Gasteiger partial charge in [-0.2, -0.15) is 0 Å². The van der Waals surface area contributed by atoms with E-state index in [4.69, 9.17) is 5.73 Å². The van der Waals surface area contributed by atoms with Gasteiger partial charge < -0.3 is 26.2 Å². The first-order chi connectivity index (χ1) is 12.1. The maximum Gasteiger partial charge on any atom is 0.342 e. The van der Waals surface area contributed by atoms with Gasteiger partial charge in [0.1, 0.15) is 11.8 Å². The molecule has 0 aromatic heterocycles. The van der Waals surface area contributed by atoms with Crippen molar-refractivity contribution in [2.24, 2.45) is 11.7 Å². The van der Waals surface area contributed by atoms with Gasteiger partial charge in [-0.1, -0.05) is 20.8 Å². The molecule has 0 spiro atoms. The molecule has 0 aromatic carbocycles. The fraction of sp³-hybridized carbons (Fsp3) is 0.875. The quantitative estimate of drug-likeness (QED) is 0.193. The van der Waals surface area contributed by atoms with Gasteiger partial charge in [0.05, 0.1) is 6.04 Å². The minimum absolute atomic E-state index is 0.128. The lowest BCUT2D eigenvalue weighted by atomic mass is 10.0. The van der Waals surface area contributed by atoms with Gasteiger partial charge in [0, 0.05) is 7.05 Å². The van der Waals surface area contributed by atoms with Crippen LogP contribution in [-0.2, 0) is 14.2 Å². The molecule has 154 valence electrons. The van der Waals surface area contributed by atoms with Crippen molar-refractivity contribution in [3.63, 3.8) is 0 Å². The summed E-state index contributed by atoms with van der Waals surface area (Å²) in [4.78, 5) is 43.6. The van der Waals surface area contributed by atoms with Gasteiger partial charge in [-0.05, 0) is 44.6 Å². The van der Waals surface area contributed by atoms with E-state index in [9.17, 15) is 23.9 Å². The Bertz CT molecular complexity index is 483. The molecule has 0 unspecified atom stereocenters. The van der Waals surface area contributed by atoms with Crippen molar-refractivity contribution in [2.75, 3.05) is 13.6 Å². The van der Waals surface area contributed by atoms with Crippen LogP contribution in [0.25, 0.3) is 0 Å². The molecule has 7 N–H and O–H groups in total. The summed E-state index contributed by atoms with van der Waals surface area (Å²) in [7, 11) is -2.88. The van der Waals surface area contributed by atoms with Gasteiger partial charge in [-0.15, -0.1) is 0 Å². The summed E-state index contributed by atoms with van der Waals surface area (Å²) >= 11 is 0. The molecule has 26 heavy (non-hydrogen) atoms. The van der Waals surface area contributed by atoms with E-state index in [1.165, 1.54) is 7.05 Å². The first-order valence-electron chi connectivity index (χ1n) is 9.10. The van der Waals surface area contributed by atoms with E-state index in [-0.39, 0.29) is 18.2 Å². The molecule has 10 heteroatoms. The molecule has 0 aliphatic rings. The second-order valence-corrected chi connectivity index (χ2v) is 8.62. The second kappa shape index (κ2) is 12.4. The third-order valence-corrected chi connectivity index (χ3v) is 5.36. The van der Waals surface area contributed by atoms with Crippen LogP contribution in [0.5, 0.6) is 0 Å². The van der Waals surface area contributed by atoms with Crippen molar-refractivity contribution in [1.29, 1.82) is 0 Å². The summed E-state index contributed by atoms with van der Waals surface area (Å²) in [6.45, 7) is 5.98. The number of rotatable bonds is 13. The lowest BCUT2D eigenvalue weighted by molar-refractivity contribution is -0.130. The van der Waals surface area contributed by atoms with Crippen LogP contribution in [0.2, 0.25) is 0 Å². The normalized spacial score (nSPS) is 15.4. The molecular formula is C16H35N4O5P. The Labute approximate surface area is 156 Å². The Balaban J connectivity index is 5.17. The topological polar surface area (TPSA) is 154 Å². The number of hydrogen-bond acceptors (Lipinski definition) is 5. The minimum Gasteiger partial charge on any atom is -0.357 e. The highest BCUT2D eigenvalue weighted by Crippen LogP contribution is 2.41. The zero-order chi connectivity index (χ0) is 20.3. The number of carbonyl (C=O) groups excluding carboxylic acids is 2. The summed E-state index contributed by atoms with van der Waals surface area (Å²) in [6.07, 6.45) is 2.46. The molecule has 9 nitrogen and oxygen atoms in total. The predicted molar refractivity (Wildman–Crippen MR) is 101 cm³/mol. The molecule has 2 amide bonds. The molecule has 0 aliphatic heterocycles. The monoisotopic (exact) mass is 394 g/mol. The first kappa shape index (κ1) is 25.0.